The quantitative estimate of drug-likeness (QED) is 0.833. The van der Waals surface area contributed by atoms with Crippen LogP contribution >= 0.6 is 34.5 Å². The predicted molar refractivity (Wildman–Crippen MR) is 99.3 cm³/mol. The third kappa shape index (κ3) is 3.21. The SMILES string of the molecule is O=C(C[NH+]1CCc2sccc2[C@H]1C1CC1)Nc1c(Cl)cccc1Cl. The fourth-order valence-electron chi connectivity index (χ4n) is 3.70. The van der Waals surface area contributed by atoms with Crippen LogP contribution in [-0.2, 0) is 11.2 Å². The minimum atomic E-state index is -0.0238. The summed E-state index contributed by atoms with van der Waals surface area (Å²) in [7, 11) is 0. The maximum absolute atomic E-state index is 12.6. The maximum atomic E-state index is 12.6. The highest BCUT2D eigenvalue weighted by Gasteiger charge is 2.43. The summed E-state index contributed by atoms with van der Waals surface area (Å²) in [4.78, 5) is 15.4. The molecule has 3 nitrogen and oxygen atoms in total. The van der Waals surface area contributed by atoms with Crippen LogP contribution in [0.4, 0.5) is 5.69 Å². The predicted octanol–water partition coefficient (Wildman–Crippen LogP) is 3.59. The summed E-state index contributed by atoms with van der Waals surface area (Å²) in [5.74, 6) is 0.703. The molecule has 1 unspecified atom stereocenters. The van der Waals surface area contributed by atoms with Crippen molar-refractivity contribution >= 4 is 46.1 Å². The first-order chi connectivity index (χ1) is 11.6. The molecule has 2 N–H and O–H groups in total. The molecule has 1 aliphatic heterocycles. The molecule has 0 saturated heterocycles. The average Bonchev–Trinajstić information content (AvgIpc) is 3.27. The summed E-state index contributed by atoms with van der Waals surface area (Å²) >= 11 is 14.2. The fourth-order valence-corrected chi connectivity index (χ4v) is 5.12. The lowest BCUT2D eigenvalue weighted by Gasteiger charge is -2.32. The molecule has 1 fully saturated rings. The average molecular weight is 382 g/mol. The molecule has 126 valence electrons. The van der Waals surface area contributed by atoms with Gasteiger partial charge in [0.25, 0.3) is 5.91 Å². The number of hydrogen-bond donors (Lipinski definition) is 2. The van der Waals surface area contributed by atoms with Crippen molar-refractivity contribution in [2.45, 2.75) is 25.3 Å². The molecule has 2 aliphatic rings. The number of hydrogen-bond acceptors (Lipinski definition) is 2. The van der Waals surface area contributed by atoms with Crippen molar-refractivity contribution in [3.63, 3.8) is 0 Å². The van der Waals surface area contributed by atoms with Gasteiger partial charge in [-0.25, -0.2) is 0 Å². The van der Waals surface area contributed by atoms with Gasteiger partial charge in [0, 0.05) is 22.8 Å². The Labute approximate surface area is 155 Å². The van der Waals surface area contributed by atoms with E-state index in [4.69, 9.17) is 23.2 Å². The Hall–Kier alpha value is -1.07. The molecule has 4 rings (SSSR count). The van der Waals surface area contributed by atoms with E-state index in [1.54, 1.807) is 18.2 Å². The highest BCUT2D eigenvalue weighted by atomic mass is 35.5. The molecule has 1 amide bonds. The second kappa shape index (κ2) is 6.68. The van der Waals surface area contributed by atoms with Crippen molar-refractivity contribution in [3.05, 3.63) is 50.1 Å². The van der Waals surface area contributed by atoms with Gasteiger partial charge in [-0.1, -0.05) is 29.3 Å². The number of rotatable bonds is 4. The van der Waals surface area contributed by atoms with Crippen molar-refractivity contribution in [2.75, 3.05) is 18.4 Å². The molecule has 1 saturated carbocycles. The molecule has 2 aromatic rings. The van der Waals surface area contributed by atoms with Crippen LogP contribution < -0.4 is 10.2 Å². The summed E-state index contributed by atoms with van der Waals surface area (Å²) in [5.41, 5.74) is 1.98. The third-order valence-electron chi connectivity index (χ3n) is 4.94. The van der Waals surface area contributed by atoms with Crippen LogP contribution in [0.5, 0.6) is 0 Å². The largest absolute Gasteiger partial charge is 0.320 e. The number of amides is 1. The topological polar surface area (TPSA) is 33.5 Å². The molecule has 6 heteroatoms. The third-order valence-corrected chi connectivity index (χ3v) is 6.56. The number of benzene rings is 1. The fraction of sp³-hybridized carbons (Fsp3) is 0.389. The lowest BCUT2D eigenvalue weighted by Crippen LogP contribution is -3.14. The lowest BCUT2D eigenvalue weighted by molar-refractivity contribution is -0.928. The van der Waals surface area contributed by atoms with Crippen LogP contribution in [0, 0.1) is 5.92 Å². The van der Waals surface area contributed by atoms with Crippen LogP contribution in [0.15, 0.2) is 29.6 Å². The van der Waals surface area contributed by atoms with E-state index in [9.17, 15) is 4.79 Å². The molecular weight excluding hydrogens is 363 g/mol. The Morgan fingerprint density at radius 2 is 2.00 bits per heavy atom. The Bertz CT molecular complexity index is 752. The molecule has 0 radical (unpaired) electrons. The number of thiophene rings is 1. The van der Waals surface area contributed by atoms with Gasteiger partial charge >= 0.3 is 0 Å². The van der Waals surface area contributed by atoms with E-state index in [0.29, 0.717) is 28.3 Å². The first kappa shape index (κ1) is 16.4. The molecule has 1 aliphatic carbocycles. The first-order valence-corrected chi connectivity index (χ1v) is 9.91. The molecule has 2 atom stereocenters. The van der Waals surface area contributed by atoms with Gasteiger partial charge in [-0.15, -0.1) is 11.3 Å². The van der Waals surface area contributed by atoms with E-state index in [1.807, 2.05) is 11.3 Å². The smallest absolute Gasteiger partial charge is 0.279 e. The molecule has 1 aromatic carbocycles. The zero-order chi connectivity index (χ0) is 16.7. The monoisotopic (exact) mass is 381 g/mol. The molecule has 0 spiro atoms. The lowest BCUT2D eigenvalue weighted by atomic mass is 9.96. The van der Waals surface area contributed by atoms with Crippen molar-refractivity contribution < 1.29 is 9.69 Å². The van der Waals surface area contributed by atoms with Crippen LogP contribution in [0.3, 0.4) is 0 Å². The molecule has 24 heavy (non-hydrogen) atoms. The standard InChI is InChI=1S/C18H18Cl2N2OS/c19-13-2-1-3-14(20)17(13)21-16(23)10-22-8-6-15-12(7-9-24-15)18(22)11-4-5-11/h1-3,7,9,11,18H,4-6,8,10H2,(H,21,23)/p+1/t18-/m1/s1. The number of anilines is 1. The minimum Gasteiger partial charge on any atom is -0.320 e. The summed E-state index contributed by atoms with van der Waals surface area (Å²) in [6, 6.07) is 7.97. The van der Waals surface area contributed by atoms with E-state index < -0.39 is 0 Å². The number of halogens is 2. The zero-order valence-corrected chi connectivity index (χ0v) is 15.5. The van der Waals surface area contributed by atoms with Gasteiger partial charge in [0.05, 0.1) is 22.3 Å². The van der Waals surface area contributed by atoms with Crippen molar-refractivity contribution in [1.29, 1.82) is 0 Å². The van der Waals surface area contributed by atoms with Gasteiger partial charge in [0.1, 0.15) is 6.04 Å². The van der Waals surface area contributed by atoms with Crippen LogP contribution in [0.25, 0.3) is 0 Å². The van der Waals surface area contributed by atoms with Crippen molar-refractivity contribution in [3.8, 4) is 0 Å². The molecule has 2 heterocycles. The maximum Gasteiger partial charge on any atom is 0.279 e. The minimum absolute atomic E-state index is 0.0238. The van der Waals surface area contributed by atoms with E-state index >= 15 is 0 Å². The van der Waals surface area contributed by atoms with Gasteiger partial charge in [0.15, 0.2) is 6.54 Å². The number of carbonyl (C=O) groups excluding carboxylic acids is 1. The molecule has 1 aromatic heterocycles. The normalized spacial score (nSPS) is 22.9. The van der Waals surface area contributed by atoms with Crippen molar-refractivity contribution in [1.82, 2.24) is 0 Å². The Balaban J connectivity index is 1.49. The van der Waals surface area contributed by atoms with Gasteiger partial charge in [-0.3, -0.25) is 4.79 Å². The van der Waals surface area contributed by atoms with Gasteiger partial charge in [-0.2, -0.15) is 0 Å². The Morgan fingerprint density at radius 3 is 2.71 bits per heavy atom. The number of para-hydroxylation sites is 1. The zero-order valence-electron chi connectivity index (χ0n) is 13.1. The summed E-state index contributed by atoms with van der Waals surface area (Å²) in [6.07, 6.45) is 3.62. The van der Waals surface area contributed by atoms with E-state index in [1.165, 1.54) is 28.2 Å². The number of nitrogens with one attached hydrogen (secondary N) is 2. The molecular formula is C18H19Cl2N2OS+. The highest BCUT2D eigenvalue weighted by molar-refractivity contribution is 7.10. The van der Waals surface area contributed by atoms with Crippen LogP contribution in [0.2, 0.25) is 10.0 Å². The van der Waals surface area contributed by atoms with Gasteiger partial charge in [0.2, 0.25) is 0 Å². The first-order valence-electron chi connectivity index (χ1n) is 8.28. The second-order valence-electron chi connectivity index (χ2n) is 6.59. The van der Waals surface area contributed by atoms with E-state index in [0.717, 1.165) is 18.9 Å². The number of fused-ring (bicyclic) bond motifs is 1. The van der Waals surface area contributed by atoms with Gasteiger partial charge < -0.3 is 10.2 Å². The summed E-state index contributed by atoms with van der Waals surface area (Å²) in [6.45, 7) is 1.47. The van der Waals surface area contributed by atoms with Crippen LogP contribution in [0.1, 0.15) is 29.3 Å². The highest BCUT2D eigenvalue weighted by Crippen LogP contribution is 2.42. The van der Waals surface area contributed by atoms with E-state index in [-0.39, 0.29) is 5.91 Å². The number of carbonyl (C=O) groups is 1. The number of quaternary nitrogens is 1. The van der Waals surface area contributed by atoms with Crippen molar-refractivity contribution in [2.24, 2.45) is 5.92 Å². The Morgan fingerprint density at radius 1 is 1.25 bits per heavy atom. The Kier molecular flexibility index (Phi) is 4.56. The van der Waals surface area contributed by atoms with Crippen LogP contribution in [-0.4, -0.2) is 19.0 Å². The van der Waals surface area contributed by atoms with Gasteiger partial charge in [-0.05, 0) is 36.4 Å². The second-order valence-corrected chi connectivity index (χ2v) is 8.41. The van der Waals surface area contributed by atoms with E-state index in [2.05, 4.69) is 16.8 Å². The summed E-state index contributed by atoms with van der Waals surface area (Å²) in [5, 5.41) is 6.04. The summed E-state index contributed by atoms with van der Waals surface area (Å²) < 4.78 is 0. The molecule has 0 bridgehead atoms.